The van der Waals surface area contributed by atoms with E-state index in [4.69, 9.17) is 28.4 Å². The maximum atomic E-state index is 6.37. The zero-order valence-electron chi connectivity index (χ0n) is 30.3. The quantitative estimate of drug-likeness (QED) is 0.0814. The molecular formula is C40H62N2O6. The van der Waals surface area contributed by atoms with Crippen molar-refractivity contribution in [2.45, 2.75) is 129 Å². The van der Waals surface area contributed by atoms with E-state index in [0.717, 1.165) is 62.1 Å². The van der Waals surface area contributed by atoms with E-state index in [1.165, 1.54) is 75.6 Å². The van der Waals surface area contributed by atoms with E-state index in [-0.39, 0.29) is 12.2 Å². The largest absolute Gasteiger partial charge is 0.490 e. The van der Waals surface area contributed by atoms with Crippen molar-refractivity contribution in [3.8, 4) is 23.0 Å². The smallest absolute Gasteiger partial charge is 0.163 e. The van der Waals surface area contributed by atoms with Crippen molar-refractivity contribution < 1.29 is 28.4 Å². The molecule has 3 aliphatic heterocycles. The average molecular weight is 667 g/mol. The molecule has 48 heavy (non-hydrogen) atoms. The molecule has 8 nitrogen and oxygen atoms in total. The second-order valence-electron chi connectivity index (χ2n) is 14.0. The summed E-state index contributed by atoms with van der Waals surface area (Å²) in [5, 5.41) is 0. The van der Waals surface area contributed by atoms with Crippen molar-refractivity contribution in [2.24, 2.45) is 0 Å². The third kappa shape index (κ3) is 11.6. The molecule has 4 unspecified atom stereocenters. The molecule has 3 heterocycles. The highest BCUT2D eigenvalue weighted by molar-refractivity contribution is 5.61. The van der Waals surface area contributed by atoms with Gasteiger partial charge in [0.1, 0.15) is 25.4 Å². The van der Waals surface area contributed by atoms with Crippen LogP contribution in [0.1, 0.15) is 105 Å². The minimum atomic E-state index is 0.208. The van der Waals surface area contributed by atoms with Gasteiger partial charge < -0.3 is 38.2 Å². The lowest BCUT2D eigenvalue weighted by Gasteiger charge is -2.46. The summed E-state index contributed by atoms with van der Waals surface area (Å²) in [6.45, 7) is 15.1. The van der Waals surface area contributed by atoms with Crippen molar-refractivity contribution in [3.63, 3.8) is 0 Å². The molecule has 0 spiro atoms. The molecule has 0 aliphatic carbocycles. The Hall–Kier alpha value is -2.84. The maximum Gasteiger partial charge on any atom is 0.163 e. The lowest BCUT2D eigenvalue weighted by atomic mass is 10.1. The molecule has 2 aromatic rings. The van der Waals surface area contributed by atoms with Crippen molar-refractivity contribution in [1.29, 1.82) is 0 Å². The molecule has 8 heteroatoms. The summed E-state index contributed by atoms with van der Waals surface area (Å²) in [6, 6.07) is 13.5. The van der Waals surface area contributed by atoms with Gasteiger partial charge in [0.2, 0.25) is 0 Å². The molecule has 2 aromatic carbocycles. The van der Waals surface area contributed by atoms with Crippen LogP contribution in [-0.4, -0.2) is 77.0 Å². The summed E-state index contributed by atoms with van der Waals surface area (Å²) >= 11 is 0. The molecule has 0 bridgehead atoms. The van der Waals surface area contributed by atoms with Crippen LogP contribution < -0.4 is 28.7 Å². The number of hydrogen-bond acceptors (Lipinski definition) is 8. The summed E-state index contributed by atoms with van der Waals surface area (Å²) in [5.41, 5.74) is 2.35. The Bertz CT molecular complexity index is 1120. The minimum Gasteiger partial charge on any atom is -0.490 e. The van der Waals surface area contributed by atoms with Crippen LogP contribution in [0.25, 0.3) is 0 Å². The summed E-state index contributed by atoms with van der Waals surface area (Å²) < 4.78 is 35.8. The van der Waals surface area contributed by atoms with E-state index in [1.807, 2.05) is 0 Å². The fourth-order valence-corrected chi connectivity index (χ4v) is 6.48. The lowest BCUT2D eigenvalue weighted by Crippen LogP contribution is -2.56. The average Bonchev–Trinajstić information content (AvgIpc) is 4.03. The van der Waals surface area contributed by atoms with Crippen LogP contribution in [0.5, 0.6) is 23.0 Å². The van der Waals surface area contributed by atoms with Gasteiger partial charge in [-0.2, -0.15) is 0 Å². The highest BCUT2D eigenvalue weighted by Gasteiger charge is 2.31. The lowest BCUT2D eigenvalue weighted by molar-refractivity contribution is 0.239. The number of benzene rings is 2. The SMILES string of the molecule is CCCCCCCCOc1cc(N2CC(C)N(c3ccc(OCC4CO4)c(OCCCCCCCC)c3)CC2C)ccc1OCC1CO1. The Morgan fingerprint density at radius 2 is 0.938 bits per heavy atom. The van der Waals surface area contributed by atoms with Crippen molar-refractivity contribution in [1.82, 2.24) is 0 Å². The second kappa shape index (κ2) is 19.4. The van der Waals surface area contributed by atoms with E-state index >= 15 is 0 Å². The summed E-state index contributed by atoms with van der Waals surface area (Å²) in [7, 11) is 0. The van der Waals surface area contributed by atoms with Gasteiger partial charge in [-0.25, -0.2) is 0 Å². The number of piperazine rings is 1. The van der Waals surface area contributed by atoms with Gasteiger partial charge in [-0.15, -0.1) is 0 Å². The zero-order chi connectivity index (χ0) is 33.6. The zero-order valence-corrected chi connectivity index (χ0v) is 30.3. The Morgan fingerprint density at radius 1 is 0.542 bits per heavy atom. The predicted molar refractivity (Wildman–Crippen MR) is 195 cm³/mol. The molecule has 3 aliphatic rings. The first-order valence-corrected chi connectivity index (χ1v) is 19.1. The van der Waals surface area contributed by atoms with E-state index < -0.39 is 0 Å². The van der Waals surface area contributed by atoms with Gasteiger partial charge in [0.15, 0.2) is 23.0 Å². The highest BCUT2D eigenvalue weighted by Crippen LogP contribution is 2.38. The summed E-state index contributed by atoms with van der Waals surface area (Å²) in [4.78, 5) is 5.02. The molecule has 4 atom stereocenters. The highest BCUT2D eigenvalue weighted by atomic mass is 16.6. The van der Waals surface area contributed by atoms with Gasteiger partial charge in [-0.3, -0.25) is 0 Å². The Balaban J connectivity index is 1.21. The Morgan fingerprint density at radius 3 is 1.33 bits per heavy atom. The van der Waals surface area contributed by atoms with Gasteiger partial charge in [0, 0.05) is 48.7 Å². The predicted octanol–water partition coefficient (Wildman–Crippen LogP) is 8.82. The normalized spacial score (nSPS) is 21.7. The standard InChI is InChI=1S/C40H62N2O6/c1-5-7-9-11-13-15-21-43-39-23-33(17-19-37(39)47-29-35-27-45-35)41-25-32(4)42(26-31(41)3)34-18-20-38(48-30-36-28-46-36)40(24-34)44-22-16-14-12-10-8-6-2/h17-20,23-24,31-32,35-36H,5-16,21-22,25-30H2,1-4H3. The molecule has 0 radical (unpaired) electrons. The van der Waals surface area contributed by atoms with E-state index in [1.54, 1.807) is 0 Å². The van der Waals surface area contributed by atoms with Gasteiger partial charge in [-0.1, -0.05) is 78.1 Å². The molecule has 0 saturated carbocycles. The first kappa shape index (κ1) is 36.4. The molecule has 0 amide bonds. The molecule has 0 aromatic heterocycles. The number of anilines is 2. The van der Waals surface area contributed by atoms with Crippen LogP contribution in [0.15, 0.2) is 36.4 Å². The monoisotopic (exact) mass is 666 g/mol. The van der Waals surface area contributed by atoms with Crippen molar-refractivity contribution >= 4 is 11.4 Å². The van der Waals surface area contributed by atoms with Gasteiger partial charge >= 0.3 is 0 Å². The fraction of sp³-hybridized carbons (Fsp3) is 0.700. The minimum absolute atomic E-state index is 0.208. The fourth-order valence-electron chi connectivity index (χ4n) is 6.48. The first-order valence-electron chi connectivity index (χ1n) is 19.1. The van der Waals surface area contributed by atoms with Gasteiger partial charge in [-0.05, 0) is 51.0 Å². The second-order valence-corrected chi connectivity index (χ2v) is 14.0. The van der Waals surface area contributed by atoms with Gasteiger partial charge in [0.25, 0.3) is 0 Å². The van der Waals surface area contributed by atoms with Crippen LogP contribution in [-0.2, 0) is 9.47 Å². The molecular weight excluding hydrogens is 604 g/mol. The van der Waals surface area contributed by atoms with E-state index in [9.17, 15) is 0 Å². The Kier molecular flexibility index (Phi) is 14.7. The molecule has 268 valence electrons. The van der Waals surface area contributed by atoms with E-state index in [0.29, 0.717) is 38.5 Å². The third-order valence-electron chi connectivity index (χ3n) is 9.67. The maximum absolute atomic E-state index is 6.37. The summed E-state index contributed by atoms with van der Waals surface area (Å²) in [6.07, 6.45) is 15.3. The Labute approximate surface area is 290 Å². The van der Waals surface area contributed by atoms with Crippen molar-refractivity contribution in [3.05, 3.63) is 36.4 Å². The van der Waals surface area contributed by atoms with Crippen LogP contribution in [0, 0.1) is 0 Å². The summed E-state index contributed by atoms with van der Waals surface area (Å²) in [5.74, 6) is 3.29. The number of epoxide rings is 2. The number of ether oxygens (including phenoxy) is 6. The van der Waals surface area contributed by atoms with Crippen LogP contribution in [0.4, 0.5) is 11.4 Å². The molecule has 3 saturated heterocycles. The molecule has 5 rings (SSSR count). The first-order chi connectivity index (χ1) is 23.6. The van der Waals surface area contributed by atoms with Crippen LogP contribution >= 0.6 is 0 Å². The van der Waals surface area contributed by atoms with Crippen molar-refractivity contribution in [2.75, 3.05) is 62.5 Å². The van der Waals surface area contributed by atoms with Crippen LogP contribution in [0.3, 0.4) is 0 Å². The van der Waals surface area contributed by atoms with Crippen LogP contribution in [0.2, 0.25) is 0 Å². The number of unbranched alkanes of at least 4 members (excludes halogenated alkanes) is 10. The van der Waals surface area contributed by atoms with E-state index in [2.05, 4.69) is 73.9 Å². The molecule has 0 N–H and O–H groups in total. The number of rotatable bonds is 24. The topological polar surface area (TPSA) is 68.5 Å². The number of nitrogens with zero attached hydrogens (tertiary/aromatic N) is 2. The third-order valence-corrected chi connectivity index (χ3v) is 9.67. The number of hydrogen-bond donors (Lipinski definition) is 0. The van der Waals surface area contributed by atoms with Gasteiger partial charge in [0.05, 0.1) is 26.4 Å². The molecule has 3 fully saturated rings.